The van der Waals surface area contributed by atoms with Gasteiger partial charge in [0.2, 0.25) is 17.6 Å². The summed E-state index contributed by atoms with van der Waals surface area (Å²) in [6.45, 7) is 5.26. The molecule has 0 unspecified atom stereocenters. The number of methoxy groups -OCH3 is 1. The van der Waals surface area contributed by atoms with Crippen molar-refractivity contribution in [3.63, 3.8) is 0 Å². The van der Waals surface area contributed by atoms with Gasteiger partial charge in [-0.2, -0.15) is 4.80 Å². The summed E-state index contributed by atoms with van der Waals surface area (Å²) in [5.41, 5.74) is -1.49. The van der Waals surface area contributed by atoms with E-state index in [4.69, 9.17) is 9.47 Å². The Labute approximate surface area is 261 Å². The maximum absolute atomic E-state index is 14.2. The van der Waals surface area contributed by atoms with Crippen LogP contribution in [0.3, 0.4) is 0 Å². The lowest BCUT2D eigenvalue weighted by Gasteiger charge is -2.30. The molecule has 5 rings (SSSR count). The number of tetrazole rings is 1. The van der Waals surface area contributed by atoms with Gasteiger partial charge in [0.25, 0.3) is 0 Å². The highest BCUT2D eigenvalue weighted by Gasteiger charge is 2.61. The number of carboxylic acids is 1. The van der Waals surface area contributed by atoms with Crippen molar-refractivity contribution < 1.29 is 33.8 Å². The smallest absolute Gasteiger partial charge is 0.408 e. The molecule has 1 saturated heterocycles. The first kappa shape index (κ1) is 31.9. The number of carbonyl (C=O) groups excluding carboxylic acids is 3. The standard InChI is InChI=1S/C31H41N7O7/c1-30(2,3)45-29(43)32-23-11-9-7-5-6-8-10-20-17-31(20,28(41)42)33-26(39)24-16-21(18-37(24)27(23)40)38-35-25(34-36-38)19-12-14-22(44-4)15-13-19/h8,10,12-15,20-21,23-24H,5-7,9,11,16-18H2,1-4H3,(H,32,43)(H,33,39)(H,41,42)/b10-8-/t20-,21+,23-,24-,31+/m0/s1. The van der Waals surface area contributed by atoms with Crippen LogP contribution >= 0.6 is 0 Å². The summed E-state index contributed by atoms with van der Waals surface area (Å²) in [4.78, 5) is 55.9. The highest BCUT2D eigenvalue weighted by Crippen LogP contribution is 2.45. The quantitative estimate of drug-likeness (QED) is 0.420. The molecule has 0 spiro atoms. The zero-order valence-corrected chi connectivity index (χ0v) is 26.1. The Kier molecular flexibility index (Phi) is 9.12. The summed E-state index contributed by atoms with van der Waals surface area (Å²) in [5.74, 6) is -1.45. The molecule has 2 aromatic rings. The Morgan fingerprint density at radius 3 is 2.58 bits per heavy atom. The number of allylic oxidation sites excluding steroid dienone is 1. The zero-order valence-electron chi connectivity index (χ0n) is 26.1. The number of hydrogen-bond acceptors (Lipinski definition) is 9. The molecule has 3 heterocycles. The van der Waals surface area contributed by atoms with Gasteiger partial charge in [-0.1, -0.05) is 25.0 Å². The Bertz CT molecular complexity index is 1450. The van der Waals surface area contributed by atoms with Gasteiger partial charge in [-0.05, 0) is 75.9 Å². The number of aromatic nitrogens is 4. The number of nitrogens with zero attached hydrogens (tertiary/aromatic N) is 5. The summed E-state index contributed by atoms with van der Waals surface area (Å²) in [5, 5.41) is 28.5. The fourth-order valence-corrected chi connectivity index (χ4v) is 5.93. The third kappa shape index (κ3) is 7.26. The number of rotatable bonds is 5. The molecule has 3 amide bonds. The van der Waals surface area contributed by atoms with Crippen LogP contribution in [-0.4, -0.2) is 91.0 Å². The van der Waals surface area contributed by atoms with Crippen molar-refractivity contribution in [3.8, 4) is 17.1 Å². The molecule has 0 bridgehead atoms. The number of carboxylic acid groups (broad SMARTS) is 1. The lowest BCUT2D eigenvalue weighted by atomic mass is 10.0. The zero-order chi connectivity index (χ0) is 32.4. The molecule has 242 valence electrons. The van der Waals surface area contributed by atoms with E-state index in [9.17, 15) is 24.3 Å². The van der Waals surface area contributed by atoms with Crippen LogP contribution in [0.15, 0.2) is 36.4 Å². The molecule has 45 heavy (non-hydrogen) atoms. The van der Waals surface area contributed by atoms with E-state index in [0.29, 0.717) is 30.0 Å². The van der Waals surface area contributed by atoms with Crippen molar-refractivity contribution in [2.24, 2.45) is 5.92 Å². The monoisotopic (exact) mass is 623 g/mol. The van der Waals surface area contributed by atoms with Crippen LogP contribution in [0.4, 0.5) is 4.79 Å². The van der Waals surface area contributed by atoms with E-state index in [1.807, 2.05) is 12.2 Å². The fourth-order valence-electron chi connectivity index (χ4n) is 5.93. The second-order valence-electron chi connectivity index (χ2n) is 12.9. The number of hydrogen-bond donors (Lipinski definition) is 3. The predicted octanol–water partition coefficient (Wildman–Crippen LogP) is 2.86. The number of benzene rings is 1. The highest BCUT2D eigenvalue weighted by atomic mass is 16.6. The molecule has 1 aromatic carbocycles. The van der Waals surface area contributed by atoms with Crippen molar-refractivity contribution in [3.05, 3.63) is 36.4 Å². The molecule has 14 nitrogen and oxygen atoms in total. The van der Waals surface area contributed by atoms with Crippen molar-refractivity contribution in [1.29, 1.82) is 0 Å². The molecule has 1 saturated carbocycles. The largest absolute Gasteiger partial charge is 0.497 e. The second kappa shape index (κ2) is 12.9. The Hall–Kier alpha value is -4.49. The predicted molar refractivity (Wildman–Crippen MR) is 161 cm³/mol. The minimum absolute atomic E-state index is 0.0607. The average Bonchev–Trinajstić information content (AvgIpc) is 3.31. The molecule has 1 aliphatic carbocycles. The van der Waals surface area contributed by atoms with Crippen LogP contribution in [0, 0.1) is 5.92 Å². The number of fused-ring (bicyclic) bond motifs is 2. The summed E-state index contributed by atoms with van der Waals surface area (Å²) >= 11 is 0. The highest BCUT2D eigenvalue weighted by molar-refractivity contribution is 5.96. The number of aliphatic carboxylic acids is 1. The molecule has 14 heteroatoms. The number of alkyl carbamates (subject to hydrolysis) is 1. The van der Waals surface area contributed by atoms with E-state index >= 15 is 0 Å². The topological polar surface area (TPSA) is 178 Å². The third-order valence-electron chi connectivity index (χ3n) is 8.43. The number of ether oxygens (including phenoxy) is 2. The molecule has 0 radical (unpaired) electrons. The minimum Gasteiger partial charge on any atom is -0.497 e. The van der Waals surface area contributed by atoms with Gasteiger partial charge in [-0.15, -0.1) is 10.2 Å². The molecular weight excluding hydrogens is 582 g/mol. The summed E-state index contributed by atoms with van der Waals surface area (Å²) in [7, 11) is 1.57. The SMILES string of the molecule is COc1ccc(-c2nnn([C@@H]3C[C@H]4C(=O)N[C@]5(C(=O)O)C[C@@H]5/C=C\CCCCC[C@H](NC(=O)OC(C)(C)C)C(=O)N4C3)n2)cc1. The Balaban J connectivity index is 1.43. The summed E-state index contributed by atoms with van der Waals surface area (Å²) < 4.78 is 10.7. The van der Waals surface area contributed by atoms with E-state index in [-0.39, 0.29) is 25.3 Å². The van der Waals surface area contributed by atoms with Crippen LogP contribution in [0.25, 0.3) is 11.4 Å². The van der Waals surface area contributed by atoms with Crippen LogP contribution in [0.2, 0.25) is 0 Å². The minimum atomic E-state index is -1.43. The maximum atomic E-state index is 14.2. The van der Waals surface area contributed by atoms with Crippen LogP contribution in [0.5, 0.6) is 5.75 Å². The van der Waals surface area contributed by atoms with Crippen LogP contribution < -0.4 is 15.4 Å². The molecule has 3 aliphatic rings. The lowest BCUT2D eigenvalue weighted by molar-refractivity contribution is -0.145. The normalized spacial score (nSPS) is 28.0. The van der Waals surface area contributed by atoms with Gasteiger partial charge in [0.15, 0.2) is 0 Å². The Morgan fingerprint density at radius 1 is 1.13 bits per heavy atom. The van der Waals surface area contributed by atoms with E-state index < -0.39 is 53.1 Å². The third-order valence-corrected chi connectivity index (χ3v) is 8.43. The van der Waals surface area contributed by atoms with Gasteiger partial charge in [0.1, 0.15) is 29.0 Å². The van der Waals surface area contributed by atoms with E-state index in [1.54, 1.807) is 52.1 Å². The van der Waals surface area contributed by atoms with E-state index in [2.05, 4.69) is 26.0 Å². The van der Waals surface area contributed by atoms with Crippen LogP contribution in [-0.2, 0) is 19.1 Å². The fraction of sp³-hybridized carbons (Fsp3) is 0.581. The maximum Gasteiger partial charge on any atom is 0.408 e. The summed E-state index contributed by atoms with van der Waals surface area (Å²) in [6, 6.07) is 4.66. The van der Waals surface area contributed by atoms with Crippen molar-refractivity contribution >= 4 is 23.9 Å². The van der Waals surface area contributed by atoms with Gasteiger partial charge in [-0.3, -0.25) is 9.59 Å². The first-order chi connectivity index (χ1) is 21.4. The van der Waals surface area contributed by atoms with E-state index in [0.717, 1.165) is 19.3 Å². The molecule has 2 aliphatic heterocycles. The number of nitrogens with one attached hydrogen (secondary N) is 2. The van der Waals surface area contributed by atoms with E-state index in [1.165, 1.54) is 9.70 Å². The van der Waals surface area contributed by atoms with Gasteiger partial charge >= 0.3 is 12.1 Å². The van der Waals surface area contributed by atoms with Gasteiger partial charge in [-0.25, -0.2) is 9.59 Å². The van der Waals surface area contributed by atoms with Gasteiger partial charge in [0.05, 0.1) is 13.2 Å². The van der Waals surface area contributed by atoms with Crippen molar-refractivity contribution in [2.75, 3.05) is 13.7 Å². The number of carbonyl (C=O) groups is 4. The molecule has 3 N–H and O–H groups in total. The second-order valence-corrected chi connectivity index (χ2v) is 12.9. The first-order valence-corrected chi connectivity index (χ1v) is 15.4. The van der Waals surface area contributed by atoms with Gasteiger partial charge in [0, 0.05) is 24.4 Å². The molecule has 2 fully saturated rings. The van der Waals surface area contributed by atoms with Crippen molar-refractivity contribution in [1.82, 2.24) is 35.7 Å². The Morgan fingerprint density at radius 2 is 1.89 bits per heavy atom. The van der Waals surface area contributed by atoms with Crippen LogP contribution in [0.1, 0.15) is 71.8 Å². The van der Waals surface area contributed by atoms with Gasteiger partial charge < -0.3 is 30.1 Å². The molecule has 1 aromatic heterocycles. The lowest BCUT2D eigenvalue weighted by Crippen LogP contribution is -2.56. The average molecular weight is 624 g/mol. The molecule has 5 atom stereocenters. The molecular formula is C31H41N7O7. The first-order valence-electron chi connectivity index (χ1n) is 15.4. The number of amides is 3. The van der Waals surface area contributed by atoms with Crippen molar-refractivity contribution in [2.45, 2.75) is 95.0 Å². The summed E-state index contributed by atoms with van der Waals surface area (Å²) in [6.07, 6.45) is 6.89.